The van der Waals surface area contributed by atoms with Crippen molar-refractivity contribution in [2.24, 2.45) is 5.41 Å². The first kappa shape index (κ1) is 15.2. The Labute approximate surface area is 122 Å². The number of fused-ring (bicyclic) bond motifs is 1. The fourth-order valence-corrected chi connectivity index (χ4v) is 2.42. The van der Waals surface area contributed by atoms with Gasteiger partial charge in [-0.3, -0.25) is 0 Å². The van der Waals surface area contributed by atoms with Crippen LogP contribution in [-0.2, 0) is 6.42 Å². The number of rotatable bonds is 3. The number of imidazole rings is 1. The van der Waals surface area contributed by atoms with Crippen LogP contribution >= 0.6 is 11.6 Å². The Bertz CT molecular complexity index is 629. The van der Waals surface area contributed by atoms with E-state index in [1.54, 1.807) is 0 Å². The molecule has 0 bridgehead atoms. The van der Waals surface area contributed by atoms with Gasteiger partial charge in [0.05, 0.1) is 5.52 Å². The molecule has 0 N–H and O–H groups in total. The fourth-order valence-electron chi connectivity index (χ4n) is 2.25. The highest BCUT2D eigenvalue weighted by Gasteiger charge is 2.26. The van der Waals surface area contributed by atoms with Gasteiger partial charge in [0.1, 0.15) is 17.2 Å². The third-order valence-electron chi connectivity index (χ3n) is 3.75. The lowest BCUT2D eigenvalue weighted by Gasteiger charge is -2.30. The summed E-state index contributed by atoms with van der Waals surface area (Å²) < 4.78 is 29.3. The molecule has 0 fully saturated rings. The van der Waals surface area contributed by atoms with Crippen LogP contribution in [0.2, 0.25) is 0 Å². The van der Waals surface area contributed by atoms with Gasteiger partial charge >= 0.3 is 0 Å². The normalized spacial score (nSPS) is 13.9. The number of nitrogens with zero attached hydrogens (tertiary/aromatic N) is 2. The lowest BCUT2D eigenvalue weighted by Crippen LogP contribution is -2.23. The van der Waals surface area contributed by atoms with E-state index in [-0.39, 0.29) is 17.0 Å². The molecular formula is C15H19ClF2N2. The van der Waals surface area contributed by atoms with Crippen molar-refractivity contribution in [2.75, 3.05) is 5.88 Å². The van der Waals surface area contributed by atoms with Crippen LogP contribution in [0.25, 0.3) is 11.0 Å². The molecule has 0 aliphatic heterocycles. The molecule has 0 aliphatic rings. The lowest BCUT2D eigenvalue weighted by molar-refractivity contribution is 0.263. The Morgan fingerprint density at radius 1 is 1.30 bits per heavy atom. The van der Waals surface area contributed by atoms with Crippen LogP contribution in [0, 0.1) is 17.0 Å². The van der Waals surface area contributed by atoms with Gasteiger partial charge in [0, 0.05) is 24.4 Å². The molecule has 0 amide bonds. The van der Waals surface area contributed by atoms with Gasteiger partial charge in [-0.2, -0.15) is 0 Å². The van der Waals surface area contributed by atoms with Gasteiger partial charge in [0.15, 0.2) is 5.82 Å². The molecule has 0 radical (unpaired) electrons. The van der Waals surface area contributed by atoms with E-state index in [1.807, 2.05) is 11.5 Å². The van der Waals surface area contributed by atoms with Crippen molar-refractivity contribution >= 4 is 22.6 Å². The number of aromatic nitrogens is 2. The topological polar surface area (TPSA) is 17.8 Å². The minimum atomic E-state index is -0.629. The van der Waals surface area contributed by atoms with E-state index in [9.17, 15) is 8.78 Å². The predicted molar refractivity (Wildman–Crippen MR) is 78.2 cm³/mol. The number of aryl methyl sites for hydroxylation is 1. The minimum absolute atomic E-state index is 0.0481. The number of halogens is 3. The van der Waals surface area contributed by atoms with Crippen molar-refractivity contribution in [3.63, 3.8) is 0 Å². The maximum atomic E-state index is 13.9. The van der Waals surface area contributed by atoms with Crippen molar-refractivity contribution in [1.29, 1.82) is 0 Å². The molecule has 110 valence electrons. The van der Waals surface area contributed by atoms with Crippen LogP contribution in [0.1, 0.15) is 39.6 Å². The summed E-state index contributed by atoms with van der Waals surface area (Å²) in [5, 5.41) is 0. The Balaban J connectivity index is 2.74. The number of hydrogen-bond donors (Lipinski definition) is 0. The standard InChI is InChI=1S/C15H19ClF2N2/c1-9(15(2,3)4)20-12-8-10(17)7-11(18)14(12)19-13(20)5-6-16/h7-9H,5-6H2,1-4H3. The zero-order valence-corrected chi connectivity index (χ0v) is 12.9. The second-order valence-corrected chi connectivity index (χ2v) is 6.51. The van der Waals surface area contributed by atoms with Gasteiger partial charge in [-0.1, -0.05) is 20.8 Å². The number of hydrogen-bond acceptors (Lipinski definition) is 1. The van der Waals surface area contributed by atoms with Crippen molar-refractivity contribution in [3.8, 4) is 0 Å². The van der Waals surface area contributed by atoms with E-state index in [1.165, 1.54) is 6.07 Å². The summed E-state index contributed by atoms with van der Waals surface area (Å²) >= 11 is 5.80. The molecule has 0 aliphatic carbocycles. The molecule has 5 heteroatoms. The summed E-state index contributed by atoms with van der Waals surface area (Å²) in [6.45, 7) is 8.29. The zero-order chi connectivity index (χ0) is 15.1. The molecule has 2 aromatic rings. The van der Waals surface area contributed by atoms with Crippen LogP contribution in [0.5, 0.6) is 0 Å². The molecular weight excluding hydrogens is 282 g/mol. The van der Waals surface area contributed by atoms with Crippen LogP contribution in [0.4, 0.5) is 8.78 Å². The van der Waals surface area contributed by atoms with E-state index in [0.29, 0.717) is 23.6 Å². The van der Waals surface area contributed by atoms with Gasteiger partial charge in [-0.05, 0) is 18.4 Å². The molecule has 20 heavy (non-hydrogen) atoms. The first-order valence-electron chi connectivity index (χ1n) is 6.67. The van der Waals surface area contributed by atoms with Crippen LogP contribution in [0.15, 0.2) is 12.1 Å². The highest BCUT2D eigenvalue weighted by Crippen LogP contribution is 2.35. The second kappa shape index (κ2) is 5.32. The summed E-state index contributed by atoms with van der Waals surface area (Å²) in [4.78, 5) is 4.31. The van der Waals surface area contributed by atoms with Gasteiger partial charge < -0.3 is 4.57 Å². The molecule has 0 spiro atoms. The van der Waals surface area contributed by atoms with Gasteiger partial charge in [0.2, 0.25) is 0 Å². The lowest BCUT2D eigenvalue weighted by atomic mass is 9.87. The fraction of sp³-hybridized carbons (Fsp3) is 0.533. The maximum absolute atomic E-state index is 13.9. The number of alkyl halides is 1. The molecule has 1 heterocycles. The summed E-state index contributed by atoms with van der Waals surface area (Å²) in [7, 11) is 0. The largest absolute Gasteiger partial charge is 0.324 e. The molecule has 2 rings (SSSR count). The third kappa shape index (κ3) is 2.66. The molecule has 2 nitrogen and oxygen atoms in total. The van der Waals surface area contributed by atoms with E-state index in [4.69, 9.17) is 11.6 Å². The Kier molecular flexibility index (Phi) is 4.05. The monoisotopic (exact) mass is 300 g/mol. The third-order valence-corrected chi connectivity index (χ3v) is 3.93. The average Bonchev–Trinajstić information content (AvgIpc) is 2.66. The Morgan fingerprint density at radius 2 is 1.95 bits per heavy atom. The second-order valence-electron chi connectivity index (χ2n) is 6.13. The van der Waals surface area contributed by atoms with E-state index < -0.39 is 11.6 Å². The van der Waals surface area contributed by atoms with E-state index in [0.717, 1.165) is 6.07 Å². The highest BCUT2D eigenvalue weighted by atomic mass is 35.5. The molecule has 1 unspecified atom stereocenters. The highest BCUT2D eigenvalue weighted by molar-refractivity contribution is 6.17. The first-order chi connectivity index (χ1) is 9.25. The quantitative estimate of drug-likeness (QED) is 0.751. The van der Waals surface area contributed by atoms with E-state index >= 15 is 0 Å². The summed E-state index contributed by atoms with van der Waals surface area (Å²) in [6, 6.07) is 2.25. The molecule has 0 saturated carbocycles. The SMILES string of the molecule is CC(n1c(CCCl)nc2c(F)cc(F)cc21)C(C)(C)C. The molecule has 1 aromatic carbocycles. The van der Waals surface area contributed by atoms with E-state index in [2.05, 4.69) is 25.8 Å². The maximum Gasteiger partial charge on any atom is 0.153 e. The molecule has 1 atom stereocenters. The van der Waals surface area contributed by atoms with Crippen molar-refractivity contribution < 1.29 is 8.78 Å². The van der Waals surface area contributed by atoms with Crippen molar-refractivity contribution in [2.45, 2.75) is 40.2 Å². The van der Waals surface area contributed by atoms with Crippen LogP contribution in [0.3, 0.4) is 0 Å². The summed E-state index contributed by atoms with van der Waals surface area (Å²) in [5.41, 5.74) is 0.643. The summed E-state index contributed by atoms with van der Waals surface area (Å²) in [5.74, 6) is -0.128. The van der Waals surface area contributed by atoms with Gasteiger partial charge in [-0.15, -0.1) is 11.6 Å². The summed E-state index contributed by atoms with van der Waals surface area (Å²) in [6.07, 6.45) is 0.526. The van der Waals surface area contributed by atoms with Crippen molar-refractivity contribution in [3.05, 3.63) is 29.6 Å². The molecule has 1 aromatic heterocycles. The Hall–Kier alpha value is -1.16. The zero-order valence-electron chi connectivity index (χ0n) is 12.2. The molecule has 0 saturated heterocycles. The van der Waals surface area contributed by atoms with Crippen molar-refractivity contribution in [1.82, 2.24) is 9.55 Å². The first-order valence-corrected chi connectivity index (χ1v) is 7.21. The minimum Gasteiger partial charge on any atom is -0.324 e. The smallest absolute Gasteiger partial charge is 0.153 e. The number of benzene rings is 1. The van der Waals surface area contributed by atoms with Crippen LogP contribution in [-0.4, -0.2) is 15.4 Å². The Morgan fingerprint density at radius 3 is 2.50 bits per heavy atom. The predicted octanol–water partition coefficient (Wildman–Crippen LogP) is 4.70. The van der Waals surface area contributed by atoms with Gasteiger partial charge in [0.25, 0.3) is 0 Å². The van der Waals surface area contributed by atoms with Crippen LogP contribution < -0.4 is 0 Å². The van der Waals surface area contributed by atoms with Gasteiger partial charge in [-0.25, -0.2) is 13.8 Å². The average molecular weight is 301 g/mol.